The van der Waals surface area contributed by atoms with E-state index in [-0.39, 0.29) is 17.0 Å². The van der Waals surface area contributed by atoms with Crippen LogP contribution in [0.25, 0.3) is 10.6 Å². The number of amides is 1. The molecular weight excluding hydrogens is 533 g/mol. The zero-order valence-electron chi connectivity index (χ0n) is 19.8. The van der Waals surface area contributed by atoms with Gasteiger partial charge in [-0.2, -0.15) is 5.10 Å². The zero-order valence-corrected chi connectivity index (χ0v) is 20.6. The lowest BCUT2D eigenvalue weighted by atomic mass is 9.86. The highest BCUT2D eigenvalue weighted by Crippen LogP contribution is 2.33. The average molecular weight is 554 g/mol. The molecule has 0 radical (unpaired) electrons. The van der Waals surface area contributed by atoms with Crippen LogP contribution in [0.1, 0.15) is 27.9 Å². The van der Waals surface area contributed by atoms with Gasteiger partial charge in [0.15, 0.2) is 0 Å². The average Bonchev–Trinajstić information content (AvgIpc) is 3.47. The van der Waals surface area contributed by atoms with Gasteiger partial charge in [0.05, 0.1) is 18.3 Å². The van der Waals surface area contributed by atoms with Crippen LogP contribution in [-0.2, 0) is 12.1 Å². The molecule has 2 atom stereocenters. The van der Waals surface area contributed by atoms with Crippen LogP contribution in [0.2, 0.25) is 0 Å². The lowest BCUT2D eigenvalue weighted by Gasteiger charge is -2.35. The molecule has 38 heavy (non-hydrogen) atoms. The fourth-order valence-electron chi connectivity index (χ4n) is 3.77. The number of aryl methyl sites for hydroxylation is 1. The molecule has 1 amide bonds. The molecule has 0 saturated heterocycles. The van der Waals surface area contributed by atoms with Crippen LogP contribution >= 0.6 is 11.3 Å². The van der Waals surface area contributed by atoms with Crippen molar-refractivity contribution < 1.29 is 36.6 Å². The van der Waals surface area contributed by atoms with Gasteiger partial charge in [0.1, 0.15) is 45.5 Å². The number of hydrogen-bond acceptors (Lipinski definition) is 7. The standard InChI is InChI=1S/C24H20F5N5O3S/c1-13-20(38-22(32-13)15-3-6-17(7-4-15)37-24(27,28)29)21(35)33-14(2)23(36,10-34-12-30-11-31-34)18-8-5-16(25)9-19(18)26/h3-9,11-12,14,36H,10H2,1-2H3,(H,33,35)/t14-,23-/m1/s1. The van der Waals surface area contributed by atoms with Crippen LogP contribution < -0.4 is 10.1 Å². The van der Waals surface area contributed by atoms with Gasteiger partial charge in [0.2, 0.25) is 0 Å². The van der Waals surface area contributed by atoms with Crippen molar-refractivity contribution in [2.75, 3.05) is 0 Å². The van der Waals surface area contributed by atoms with Crippen LogP contribution in [0.5, 0.6) is 5.75 Å². The minimum absolute atomic E-state index is 0.171. The first-order chi connectivity index (χ1) is 17.9. The lowest BCUT2D eigenvalue weighted by molar-refractivity contribution is -0.274. The molecule has 14 heteroatoms. The summed E-state index contributed by atoms with van der Waals surface area (Å²) in [5.41, 5.74) is -1.53. The highest BCUT2D eigenvalue weighted by molar-refractivity contribution is 7.17. The summed E-state index contributed by atoms with van der Waals surface area (Å²) in [7, 11) is 0. The molecule has 8 nitrogen and oxygen atoms in total. The number of aromatic nitrogens is 4. The maximum Gasteiger partial charge on any atom is 0.573 e. The van der Waals surface area contributed by atoms with Gasteiger partial charge in [-0.15, -0.1) is 24.5 Å². The van der Waals surface area contributed by atoms with E-state index in [1.54, 1.807) is 6.92 Å². The van der Waals surface area contributed by atoms with Gasteiger partial charge in [0, 0.05) is 17.2 Å². The summed E-state index contributed by atoms with van der Waals surface area (Å²) in [5.74, 6) is -2.88. The fourth-order valence-corrected chi connectivity index (χ4v) is 4.74. The molecule has 0 spiro atoms. The van der Waals surface area contributed by atoms with Crippen molar-refractivity contribution in [3.05, 3.63) is 82.9 Å². The first-order valence-electron chi connectivity index (χ1n) is 11.0. The molecule has 0 unspecified atom stereocenters. The second kappa shape index (κ2) is 10.5. The number of ether oxygens (including phenoxy) is 1. The van der Waals surface area contributed by atoms with Crippen molar-refractivity contribution in [1.29, 1.82) is 0 Å². The van der Waals surface area contributed by atoms with Crippen LogP contribution in [0, 0.1) is 18.6 Å². The normalized spacial score (nSPS) is 14.1. The zero-order chi connectivity index (χ0) is 27.7. The maximum absolute atomic E-state index is 14.7. The third kappa shape index (κ3) is 5.97. The quantitative estimate of drug-likeness (QED) is 0.310. The van der Waals surface area contributed by atoms with Crippen molar-refractivity contribution in [3.63, 3.8) is 0 Å². The Bertz CT molecular complexity index is 1430. The third-order valence-electron chi connectivity index (χ3n) is 5.67. The summed E-state index contributed by atoms with van der Waals surface area (Å²) < 4.78 is 70.6. The molecule has 0 bridgehead atoms. The second-order valence-corrected chi connectivity index (χ2v) is 9.34. The highest BCUT2D eigenvalue weighted by atomic mass is 32.1. The van der Waals surface area contributed by atoms with Crippen LogP contribution in [-0.4, -0.2) is 43.2 Å². The van der Waals surface area contributed by atoms with Crippen molar-refractivity contribution >= 4 is 17.2 Å². The van der Waals surface area contributed by atoms with Crippen molar-refractivity contribution in [2.45, 2.75) is 38.4 Å². The van der Waals surface area contributed by atoms with E-state index < -0.39 is 41.3 Å². The smallest absolute Gasteiger partial charge is 0.406 e. The molecule has 2 N–H and O–H groups in total. The Balaban J connectivity index is 1.58. The predicted molar refractivity (Wildman–Crippen MR) is 126 cm³/mol. The molecule has 0 saturated carbocycles. The first-order valence-corrected chi connectivity index (χ1v) is 11.8. The van der Waals surface area contributed by atoms with Crippen LogP contribution in [0.3, 0.4) is 0 Å². The van der Waals surface area contributed by atoms with Crippen LogP contribution in [0.15, 0.2) is 55.1 Å². The van der Waals surface area contributed by atoms with E-state index in [1.807, 2.05) is 0 Å². The summed E-state index contributed by atoms with van der Waals surface area (Å²) in [5, 5.41) is 18.5. The van der Waals surface area contributed by atoms with E-state index in [2.05, 4.69) is 25.1 Å². The predicted octanol–water partition coefficient (Wildman–Crippen LogP) is 4.59. The Morgan fingerprint density at radius 1 is 1.18 bits per heavy atom. The molecule has 4 aromatic rings. The highest BCUT2D eigenvalue weighted by Gasteiger charge is 2.40. The van der Waals surface area contributed by atoms with Crippen molar-refractivity contribution in [1.82, 2.24) is 25.1 Å². The Morgan fingerprint density at radius 2 is 1.89 bits per heavy atom. The van der Waals surface area contributed by atoms with Crippen molar-refractivity contribution in [3.8, 4) is 16.3 Å². The van der Waals surface area contributed by atoms with E-state index in [1.165, 1.54) is 36.4 Å². The van der Waals surface area contributed by atoms with Gasteiger partial charge in [-0.05, 0) is 44.2 Å². The van der Waals surface area contributed by atoms with E-state index >= 15 is 0 Å². The number of thiazole rings is 1. The lowest BCUT2D eigenvalue weighted by Crippen LogP contribution is -2.51. The molecule has 2 heterocycles. The number of nitrogens with one attached hydrogen (secondary N) is 1. The van der Waals surface area contributed by atoms with E-state index in [0.717, 1.165) is 35.6 Å². The fraction of sp³-hybridized carbons (Fsp3) is 0.250. The Hall–Kier alpha value is -3.91. The van der Waals surface area contributed by atoms with Gasteiger partial charge in [-0.1, -0.05) is 6.07 Å². The molecule has 0 aliphatic rings. The molecule has 0 fully saturated rings. The Kier molecular flexibility index (Phi) is 7.47. The monoisotopic (exact) mass is 553 g/mol. The van der Waals surface area contributed by atoms with Gasteiger partial charge in [-0.3, -0.25) is 4.79 Å². The summed E-state index contributed by atoms with van der Waals surface area (Å²) in [6, 6.07) is 6.60. The summed E-state index contributed by atoms with van der Waals surface area (Å²) in [6.45, 7) is 2.71. The molecular formula is C24H20F5N5O3S. The van der Waals surface area contributed by atoms with Crippen LogP contribution in [0.4, 0.5) is 22.0 Å². The molecule has 2 aromatic carbocycles. The maximum atomic E-state index is 14.7. The minimum atomic E-state index is -4.83. The minimum Gasteiger partial charge on any atom is -0.406 e. The summed E-state index contributed by atoms with van der Waals surface area (Å²) >= 11 is 0.980. The molecule has 4 rings (SSSR count). The number of alkyl halides is 3. The van der Waals surface area contributed by atoms with Gasteiger partial charge >= 0.3 is 6.36 Å². The number of hydrogen-bond donors (Lipinski definition) is 2. The SMILES string of the molecule is Cc1nc(-c2ccc(OC(F)(F)F)cc2)sc1C(=O)N[C@H](C)[C@](O)(Cn1cncn1)c1ccc(F)cc1F. The summed E-state index contributed by atoms with van der Waals surface area (Å²) in [4.78, 5) is 21.5. The number of carbonyl (C=O) groups is 1. The number of carbonyl (C=O) groups excluding carboxylic acids is 1. The number of rotatable bonds is 8. The molecule has 2 aromatic heterocycles. The third-order valence-corrected chi connectivity index (χ3v) is 6.87. The van der Waals surface area contributed by atoms with Gasteiger partial charge < -0.3 is 15.2 Å². The first kappa shape index (κ1) is 27.1. The van der Waals surface area contributed by atoms with Crippen molar-refractivity contribution in [2.24, 2.45) is 0 Å². The van der Waals surface area contributed by atoms with E-state index in [9.17, 15) is 31.9 Å². The molecule has 200 valence electrons. The Morgan fingerprint density at radius 3 is 2.50 bits per heavy atom. The molecule has 0 aliphatic heterocycles. The number of nitrogens with zero attached hydrogens (tertiary/aromatic N) is 4. The summed E-state index contributed by atoms with van der Waals surface area (Å²) in [6.07, 6.45) is -2.31. The van der Waals surface area contributed by atoms with Gasteiger partial charge in [0.25, 0.3) is 5.91 Å². The van der Waals surface area contributed by atoms with E-state index in [0.29, 0.717) is 22.3 Å². The topological polar surface area (TPSA) is 102 Å². The molecule has 0 aliphatic carbocycles. The number of aliphatic hydroxyl groups is 1. The number of halogens is 5. The van der Waals surface area contributed by atoms with E-state index in [4.69, 9.17) is 0 Å². The second-order valence-electron chi connectivity index (χ2n) is 8.34. The largest absolute Gasteiger partial charge is 0.573 e. The Labute approximate surface area is 216 Å². The number of benzene rings is 2. The van der Waals surface area contributed by atoms with Gasteiger partial charge in [-0.25, -0.2) is 23.4 Å².